The summed E-state index contributed by atoms with van der Waals surface area (Å²) >= 11 is 0. The first-order valence-electron chi connectivity index (χ1n) is 11.0. The van der Waals surface area contributed by atoms with E-state index in [1.54, 1.807) is 4.90 Å². The minimum absolute atomic E-state index is 0.0662. The largest absolute Gasteiger partial charge is 0.369 e. The summed E-state index contributed by atoms with van der Waals surface area (Å²) in [5.41, 5.74) is 2.15. The van der Waals surface area contributed by atoms with Crippen LogP contribution in [0.2, 0.25) is 0 Å². The van der Waals surface area contributed by atoms with Gasteiger partial charge in [-0.3, -0.25) is 4.79 Å². The van der Waals surface area contributed by atoms with Gasteiger partial charge in [-0.2, -0.15) is 0 Å². The van der Waals surface area contributed by atoms with Crippen LogP contribution in [0.4, 0.5) is 5.82 Å². The van der Waals surface area contributed by atoms with Crippen LogP contribution in [0.1, 0.15) is 30.1 Å². The molecule has 6 heteroatoms. The Morgan fingerprint density at radius 3 is 2.55 bits per heavy atom. The van der Waals surface area contributed by atoms with Gasteiger partial charge in [-0.25, -0.2) is 9.97 Å². The summed E-state index contributed by atoms with van der Waals surface area (Å²) in [5.74, 6) is 2.08. The van der Waals surface area contributed by atoms with Crippen LogP contribution in [-0.2, 0) is 11.3 Å². The third-order valence-corrected chi connectivity index (χ3v) is 5.81. The van der Waals surface area contributed by atoms with Crippen LogP contribution in [0.25, 0.3) is 10.9 Å². The van der Waals surface area contributed by atoms with E-state index >= 15 is 0 Å². The first-order chi connectivity index (χ1) is 15.0. The zero-order chi connectivity index (χ0) is 21.8. The Kier molecular flexibility index (Phi) is 6.47. The van der Waals surface area contributed by atoms with Crippen LogP contribution in [0.5, 0.6) is 0 Å². The molecule has 2 atom stereocenters. The zero-order valence-corrected chi connectivity index (χ0v) is 18.6. The Balaban J connectivity index is 1.44. The molecule has 31 heavy (non-hydrogen) atoms. The van der Waals surface area contributed by atoms with Gasteiger partial charge in [0.05, 0.1) is 12.1 Å². The Bertz CT molecular complexity index is 1040. The molecule has 1 fully saturated rings. The molecular weight excluding hydrogens is 386 g/mol. The number of hydrogen-bond donors (Lipinski definition) is 1. The smallest absolute Gasteiger partial charge is 0.226 e. The van der Waals surface area contributed by atoms with E-state index in [-0.39, 0.29) is 11.8 Å². The van der Waals surface area contributed by atoms with Crippen molar-refractivity contribution in [1.29, 1.82) is 0 Å². The number of nitrogens with zero attached hydrogens (tertiary/aromatic N) is 4. The Morgan fingerprint density at radius 2 is 1.77 bits per heavy atom. The van der Waals surface area contributed by atoms with Gasteiger partial charge in [-0.05, 0) is 57.1 Å². The lowest BCUT2D eigenvalue weighted by Crippen LogP contribution is -2.29. The lowest BCUT2D eigenvalue weighted by molar-refractivity contribution is -0.132. The van der Waals surface area contributed by atoms with Gasteiger partial charge >= 0.3 is 0 Å². The third kappa shape index (κ3) is 5.20. The number of amides is 1. The van der Waals surface area contributed by atoms with Crippen LogP contribution in [0.3, 0.4) is 0 Å². The van der Waals surface area contributed by atoms with E-state index in [1.807, 2.05) is 49.5 Å². The average Bonchev–Trinajstić information content (AvgIpc) is 3.57. The second-order valence-electron chi connectivity index (χ2n) is 8.64. The molecule has 0 spiro atoms. The molecule has 1 aliphatic rings. The summed E-state index contributed by atoms with van der Waals surface area (Å²) in [6.07, 6.45) is 1.95. The van der Waals surface area contributed by atoms with Crippen molar-refractivity contribution in [2.75, 3.05) is 39.5 Å². The maximum absolute atomic E-state index is 13.0. The van der Waals surface area contributed by atoms with Gasteiger partial charge in [-0.1, -0.05) is 42.5 Å². The Morgan fingerprint density at radius 1 is 1.03 bits per heavy atom. The number of nitrogens with one attached hydrogen (secondary N) is 1. The second-order valence-corrected chi connectivity index (χ2v) is 8.64. The molecule has 1 heterocycles. The average molecular weight is 418 g/mol. The van der Waals surface area contributed by atoms with Crippen molar-refractivity contribution in [2.45, 2.75) is 25.3 Å². The third-order valence-electron chi connectivity index (χ3n) is 5.81. The predicted octanol–water partition coefficient (Wildman–Crippen LogP) is 3.76. The number of rotatable bonds is 9. The lowest BCUT2D eigenvalue weighted by atomic mass is 10.1. The summed E-state index contributed by atoms with van der Waals surface area (Å²) in [6.45, 7) is 2.27. The van der Waals surface area contributed by atoms with Gasteiger partial charge < -0.3 is 15.1 Å². The number of fused-ring (bicyclic) bond motifs is 1. The molecule has 0 saturated heterocycles. The molecule has 2 aromatic carbocycles. The van der Waals surface area contributed by atoms with Crippen molar-refractivity contribution >= 4 is 22.6 Å². The monoisotopic (exact) mass is 417 g/mol. The SMILES string of the molecule is CN(C)CCCNc1nc(CN(C)C(=O)[C@@H]2C[C@H]2c2ccccc2)nc2ccccc12. The van der Waals surface area contributed by atoms with Gasteiger partial charge in [0.1, 0.15) is 5.82 Å². The number of para-hydroxylation sites is 1. The van der Waals surface area contributed by atoms with Crippen molar-refractivity contribution < 1.29 is 4.79 Å². The van der Waals surface area contributed by atoms with Crippen molar-refractivity contribution in [3.8, 4) is 0 Å². The Hall–Kier alpha value is -2.99. The highest BCUT2D eigenvalue weighted by molar-refractivity contribution is 5.89. The maximum Gasteiger partial charge on any atom is 0.226 e. The zero-order valence-electron chi connectivity index (χ0n) is 18.6. The molecule has 6 nitrogen and oxygen atoms in total. The highest BCUT2D eigenvalue weighted by Gasteiger charge is 2.45. The van der Waals surface area contributed by atoms with E-state index in [0.29, 0.717) is 18.3 Å². The molecule has 0 aliphatic heterocycles. The van der Waals surface area contributed by atoms with Gasteiger partial charge in [0.25, 0.3) is 0 Å². The number of hydrogen-bond acceptors (Lipinski definition) is 5. The number of aromatic nitrogens is 2. The van der Waals surface area contributed by atoms with E-state index in [9.17, 15) is 4.79 Å². The summed E-state index contributed by atoms with van der Waals surface area (Å²) in [5, 5.41) is 4.48. The van der Waals surface area contributed by atoms with Crippen molar-refractivity contribution in [2.24, 2.45) is 5.92 Å². The normalized spacial score (nSPS) is 17.7. The summed E-state index contributed by atoms with van der Waals surface area (Å²) in [6, 6.07) is 18.3. The van der Waals surface area contributed by atoms with E-state index in [0.717, 1.165) is 42.7 Å². The van der Waals surface area contributed by atoms with Crippen molar-refractivity contribution in [1.82, 2.24) is 19.8 Å². The standard InChI is InChI=1S/C25H31N5O/c1-29(2)15-9-14-26-24-19-12-7-8-13-22(19)27-23(28-24)17-30(3)25(31)21-16-20(21)18-10-5-4-6-11-18/h4-8,10-13,20-21H,9,14-17H2,1-3H3,(H,26,27,28)/t20-,21+/m0/s1. The minimum atomic E-state index is 0.0662. The fourth-order valence-corrected chi connectivity index (χ4v) is 4.04. The van der Waals surface area contributed by atoms with E-state index in [4.69, 9.17) is 9.97 Å². The Labute approximate surface area is 184 Å². The number of anilines is 1. The minimum Gasteiger partial charge on any atom is -0.369 e. The van der Waals surface area contributed by atoms with Crippen LogP contribution in [0, 0.1) is 5.92 Å². The molecule has 1 aromatic heterocycles. The van der Waals surface area contributed by atoms with Crippen molar-refractivity contribution in [3.05, 3.63) is 66.0 Å². The first kappa shape index (κ1) is 21.2. The van der Waals surface area contributed by atoms with E-state index in [1.165, 1.54) is 5.56 Å². The van der Waals surface area contributed by atoms with Gasteiger partial charge in [0.2, 0.25) is 5.91 Å². The molecule has 1 amide bonds. The molecule has 3 aromatic rings. The van der Waals surface area contributed by atoms with Crippen LogP contribution < -0.4 is 5.32 Å². The maximum atomic E-state index is 13.0. The molecule has 0 unspecified atom stereocenters. The molecular formula is C25H31N5O. The molecule has 162 valence electrons. The summed E-state index contributed by atoms with van der Waals surface area (Å²) < 4.78 is 0. The number of carbonyl (C=O) groups is 1. The fraction of sp³-hybridized carbons (Fsp3) is 0.400. The van der Waals surface area contributed by atoms with Crippen LogP contribution in [0.15, 0.2) is 54.6 Å². The molecule has 0 bridgehead atoms. The highest BCUT2D eigenvalue weighted by Crippen LogP contribution is 2.48. The molecule has 0 radical (unpaired) electrons. The predicted molar refractivity (Wildman–Crippen MR) is 125 cm³/mol. The van der Waals surface area contributed by atoms with Crippen LogP contribution in [-0.4, -0.2) is 59.9 Å². The number of benzene rings is 2. The molecule has 1 N–H and O–H groups in total. The van der Waals surface area contributed by atoms with Crippen LogP contribution >= 0.6 is 0 Å². The van der Waals surface area contributed by atoms with Gasteiger partial charge in [-0.15, -0.1) is 0 Å². The lowest BCUT2D eigenvalue weighted by Gasteiger charge is -2.18. The highest BCUT2D eigenvalue weighted by atomic mass is 16.2. The van der Waals surface area contributed by atoms with Gasteiger partial charge in [0.15, 0.2) is 5.82 Å². The van der Waals surface area contributed by atoms with Crippen molar-refractivity contribution in [3.63, 3.8) is 0 Å². The molecule has 4 rings (SSSR count). The first-order valence-corrected chi connectivity index (χ1v) is 11.0. The van der Waals surface area contributed by atoms with E-state index < -0.39 is 0 Å². The summed E-state index contributed by atoms with van der Waals surface area (Å²) in [7, 11) is 6.01. The number of carbonyl (C=O) groups excluding carboxylic acids is 1. The topological polar surface area (TPSA) is 61.4 Å². The van der Waals surface area contributed by atoms with Gasteiger partial charge in [0, 0.05) is 24.9 Å². The molecule has 1 saturated carbocycles. The second kappa shape index (κ2) is 9.43. The van der Waals surface area contributed by atoms with E-state index in [2.05, 4.69) is 36.4 Å². The quantitative estimate of drug-likeness (QED) is 0.537. The fourth-order valence-electron chi connectivity index (χ4n) is 4.04. The summed E-state index contributed by atoms with van der Waals surface area (Å²) in [4.78, 5) is 26.4. The molecule has 1 aliphatic carbocycles.